The third-order valence-electron chi connectivity index (χ3n) is 4.10. The Morgan fingerprint density at radius 2 is 2.00 bits per heavy atom. The molecular weight excluding hydrogens is 288 g/mol. The molecule has 2 aromatic rings. The normalized spacial score (nSPS) is 15.2. The second-order valence-corrected chi connectivity index (χ2v) is 6.27. The smallest absolute Gasteiger partial charge is 0.0709 e. The van der Waals surface area contributed by atoms with E-state index in [2.05, 4.69) is 61.0 Å². The van der Waals surface area contributed by atoms with Gasteiger partial charge in [-0.25, -0.2) is 0 Å². The zero-order valence-electron chi connectivity index (χ0n) is 11.6. The van der Waals surface area contributed by atoms with Crippen molar-refractivity contribution in [2.45, 2.75) is 27.2 Å². The molecule has 1 atom stereocenters. The van der Waals surface area contributed by atoms with Crippen molar-refractivity contribution in [2.24, 2.45) is 18.4 Å². The van der Waals surface area contributed by atoms with Gasteiger partial charge in [0.1, 0.15) is 0 Å². The first-order valence-corrected chi connectivity index (χ1v) is 7.56. The molecule has 0 saturated heterocycles. The maximum absolute atomic E-state index is 4.70. The van der Waals surface area contributed by atoms with Crippen molar-refractivity contribution < 1.29 is 0 Å². The van der Waals surface area contributed by atoms with Crippen LogP contribution in [0.4, 0.5) is 0 Å². The fourth-order valence-corrected chi connectivity index (χ4v) is 3.05. The fourth-order valence-electron chi connectivity index (χ4n) is 2.21. The Morgan fingerprint density at radius 3 is 2.61 bits per heavy atom. The van der Waals surface area contributed by atoms with E-state index in [-0.39, 0.29) is 5.41 Å². The molecule has 0 amide bonds. The fraction of sp³-hybridized carbons (Fsp3) is 0.533. The third kappa shape index (κ3) is 2.33. The number of hydrogen-bond donors (Lipinski definition) is 0. The van der Waals surface area contributed by atoms with Crippen LogP contribution in [0.25, 0.3) is 10.9 Å². The Hall–Kier alpha value is -0.830. The van der Waals surface area contributed by atoms with Gasteiger partial charge in [-0.1, -0.05) is 54.9 Å². The van der Waals surface area contributed by atoms with E-state index in [1.165, 1.54) is 16.6 Å². The summed E-state index contributed by atoms with van der Waals surface area (Å²) in [6, 6.07) is 8.47. The van der Waals surface area contributed by atoms with E-state index in [0.717, 1.165) is 11.8 Å². The molecule has 0 radical (unpaired) electrons. The summed E-state index contributed by atoms with van der Waals surface area (Å²) < 4.78 is 1.99. The van der Waals surface area contributed by atoms with Crippen LogP contribution >= 0.6 is 15.9 Å². The monoisotopic (exact) mass is 308 g/mol. The van der Waals surface area contributed by atoms with Gasteiger partial charge in [-0.15, -0.1) is 0 Å². The molecule has 1 heterocycles. The summed E-state index contributed by atoms with van der Waals surface area (Å²) >= 11 is 3.67. The van der Waals surface area contributed by atoms with Gasteiger partial charge in [0, 0.05) is 17.8 Å². The molecule has 3 heteroatoms. The Bertz CT molecular complexity index is 544. The minimum absolute atomic E-state index is 0.247. The molecule has 0 aliphatic carbocycles. The van der Waals surface area contributed by atoms with Gasteiger partial charge in [0.05, 0.1) is 11.2 Å². The van der Waals surface area contributed by atoms with Gasteiger partial charge < -0.3 is 0 Å². The number of nitrogens with zero attached hydrogens (tertiary/aromatic N) is 2. The average Bonchev–Trinajstić information content (AvgIpc) is 2.66. The van der Waals surface area contributed by atoms with Crippen LogP contribution in [0, 0.1) is 11.3 Å². The Balaban J connectivity index is 2.43. The SMILES string of the molecule is CC(C)C(C)(CBr)Cc1nn(C)c2ccccc12. The number of fused-ring (bicyclic) bond motifs is 1. The predicted octanol–water partition coefficient (Wildman–Crippen LogP) is 4.17. The van der Waals surface area contributed by atoms with Crippen molar-refractivity contribution >= 4 is 26.8 Å². The van der Waals surface area contributed by atoms with Gasteiger partial charge in [-0.2, -0.15) is 5.10 Å². The van der Waals surface area contributed by atoms with E-state index >= 15 is 0 Å². The standard InChI is InChI=1S/C15H21BrN2/c1-11(2)15(3,10-16)9-13-12-7-5-6-8-14(12)18(4)17-13/h5-8,11H,9-10H2,1-4H3. The molecule has 1 aromatic carbocycles. The highest BCUT2D eigenvalue weighted by atomic mass is 79.9. The van der Waals surface area contributed by atoms with Crippen LogP contribution in [0.15, 0.2) is 24.3 Å². The molecule has 0 aliphatic heterocycles. The van der Waals surface area contributed by atoms with Gasteiger partial charge in [-0.05, 0) is 23.8 Å². The molecule has 1 unspecified atom stereocenters. The summed E-state index contributed by atoms with van der Waals surface area (Å²) in [7, 11) is 2.02. The van der Waals surface area contributed by atoms with Crippen molar-refractivity contribution in [1.82, 2.24) is 9.78 Å². The van der Waals surface area contributed by atoms with E-state index in [0.29, 0.717) is 5.92 Å². The van der Waals surface area contributed by atoms with Gasteiger partial charge >= 0.3 is 0 Å². The van der Waals surface area contributed by atoms with E-state index in [9.17, 15) is 0 Å². The molecule has 2 nitrogen and oxygen atoms in total. The van der Waals surface area contributed by atoms with Gasteiger partial charge in [-0.3, -0.25) is 4.68 Å². The summed E-state index contributed by atoms with van der Waals surface area (Å²) in [5, 5.41) is 6.99. The summed E-state index contributed by atoms with van der Waals surface area (Å²) in [6.45, 7) is 6.90. The lowest BCUT2D eigenvalue weighted by atomic mass is 9.77. The zero-order chi connectivity index (χ0) is 13.3. The maximum atomic E-state index is 4.70. The zero-order valence-corrected chi connectivity index (χ0v) is 13.2. The largest absolute Gasteiger partial charge is 0.268 e. The molecular formula is C15H21BrN2. The Morgan fingerprint density at radius 1 is 1.33 bits per heavy atom. The second kappa shape index (κ2) is 5.04. The van der Waals surface area contributed by atoms with E-state index in [4.69, 9.17) is 5.10 Å². The van der Waals surface area contributed by atoms with Gasteiger partial charge in [0.25, 0.3) is 0 Å². The summed E-state index contributed by atoms with van der Waals surface area (Å²) in [5.74, 6) is 0.623. The van der Waals surface area contributed by atoms with Crippen molar-refractivity contribution in [1.29, 1.82) is 0 Å². The second-order valence-electron chi connectivity index (χ2n) is 5.71. The highest BCUT2D eigenvalue weighted by Gasteiger charge is 2.29. The van der Waals surface area contributed by atoms with Crippen LogP contribution in [0.5, 0.6) is 0 Å². The molecule has 0 saturated carbocycles. The topological polar surface area (TPSA) is 17.8 Å². The number of para-hydroxylation sites is 1. The summed E-state index contributed by atoms with van der Waals surface area (Å²) in [4.78, 5) is 0. The molecule has 0 aliphatic rings. The Labute approximate surface area is 118 Å². The quantitative estimate of drug-likeness (QED) is 0.775. The van der Waals surface area contributed by atoms with Crippen molar-refractivity contribution in [3.8, 4) is 0 Å². The predicted molar refractivity (Wildman–Crippen MR) is 81.2 cm³/mol. The molecule has 98 valence electrons. The van der Waals surface area contributed by atoms with Crippen molar-refractivity contribution in [3.05, 3.63) is 30.0 Å². The lowest BCUT2D eigenvalue weighted by Gasteiger charge is -2.31. The maximum Gasteiger partial charge on any atom is 0.0709 e. The number of hydrogen-bond acceptors (Lipinski definition) is 1. The van der Waals surface area contributed by atoms with Crippen LogP contribution in [-0.2, 0) is 13.5 Å². The molecule has 0 N–H and O–H groups in total. The lowest BCUT2D eigenvalue weighted by molar-refractivity contribution is 0.255. The van der Waals surface area contributed by atoms with Crippen LogP contribution in [0.3, 0.4) is 0 Å². The first-order valence-electron chi connectivity index (χ1n) is 6.44. The van der Waals surface area contributed by atoms with E-state index in [1.807, 2.05) is 11.7 Å². The molecule has 18 heavy (non-hydrogen) atoms. The number of benzene rings is 1. The van der Waals surface area contributed by atoms with Crippen molar-refractivity contribution in [2.75, 3.05) is 5.33 Å². The van der Waals surface area contributed by atoms with Crippen LogP contribution in [-0.4, -0.2) is 15.1 Å². The number of aryl methyl sites for hydroxylation is 1. The third-order valence-corrected chi connectivity index (χ3v) is 5.39. The first-order chi connectivity index (χ1) is 8.48. The summed E-state index contributed by atoms with van der Waals surface area (Å²) in [6.07, 6.45) is 1.01. The molecule has 0 bridgehead atoms. The minimum Gasteiger partial charge on any atom is -0.268 e. The highest BCUT2D eigenvalue weighted by Crippen LogP contribution is 2.34. The van der Waals surface area contributed by atoms with Crippen LogP contribution in [0.2, 0.25) is 0 Å². The molecule has 0 spiro atoms. The average molecular weight is 309 g/mol. The number of aromatic nitrogens is 2. The molecule has 0 fully saturated rings. The number of alkyl halides is 1. The van der Waals surface area contributed by atoms with Crippen LogP contribution < -0.4 is 0 Å². The molecule has 1 aromatic heterocycles. The Kier molecular flexibility index (Phi) is 3.81. The lowest BCUT2D eigenvalue weighted by Crippen LogP contribution is -2.28. The number of rotatable bonds is 4. The first kappa shape index (κ1) is 13.6. The van der Waals surface area contributed by atoms with E-state index < -0.39 is 0 Å². The summed E-state index contributed by atoms with van der Waals surface area (Å²) in [5.41, 5.74) is 2.67. The van der Waals surface area contributed by atoms with Crippen molar-refractivity contribution in [3.63, 3.8) is 0 Å². The van der Waals surface area contributed by atoms with Crippen LogP contribution in [0.1, 0.15) is 26.5 Å². The number of halogens is 1. The van der Waals surface area contributed by atoms with Gasteiger partial charge in [0.2, 0.25) is 0 Å². The van der Waals surface area contributed by atoms with E-state index in [1.54, 1.807) is 0 Å². The molecule has 2 rings (SSSR count). The highest BCUT2D eigenvalue weighted by molar-refractivity contribution is 9.09. The van der Waals surface area contributed by atoms with Gasteiger partial charge in [0.15, 0.2) is 0 Å². The minimum atomic E-state index is 0.247.